The summed E-state index contributed by atoms with van der Waals surface area (Å²) >= 11 is 0. The number of nitrogens with zero attached hydrogens (tertiary/aromatic N) is 4. The van der Waals surface area contributed by atoms with Gasteiger partial charge in [-0.3, -0.25) is 74.0 Å². The van der Waals surface area contributed by atoms with Crippen LogP contribution in [0.3, 0.4) is 0 Å². The first kappa shape index (κ1) is 110. The summed E-state index contributed by atoms with van der Waals surface area (Å²) in [6.07, 6.45) is 27.7. The van der Waals surface area contributed by atoms with Crippen LogP contribution >= 0.6 is 0 Å². The van der Waals surface area contributed by atoms with Gasteiger partial charge in [-0.05, 0) is 304 Å². The Morgan fingerprint density at radius 3 is 1.03 bits per heavy atom. The minimum Gasteiger partial charge on any atom is -0.508 e. The van der Waals surface area contributed by atoms with Crippen molar-refractivity contribution in [2.75, 3.05) is 34.5 Å². The van der Waals surface area contributed by atoms with E-state index in [0.29, 0.717) is 50.1 Å². The number of nitro groups is 4. The van der Waals surface area contributed by atoms with Crippen molar-refractivity contribution in [3.8, 4) is 50.6 Å². The van der Waals surface area contributed by atoms with Gasteiger partial charge in [-0.2, -0.15) is 0 Å². The molecule has 0 radical (unpaired) electrons. The van der Waals surface area contributed by atoms with Crippen molar-refractivity contribution >= 4 is 75.8 Å². The normalized spacial score (nSPS) is 17.7. The predicted molar refractivity (Wildman–Crippen MR) is 564 cm³/mol. The Hall–Kier alpha value is -15.5. The number of ether oxygens (including phenoxy) is 3. The number of non-ortho nitro benzene ring substituents is 4. The summed E-state index contributed by atoms with van der Waals surface area (Å²) in [5.41, 5.74) is 18.9. The summed E-state index contributed by atoms with van der Waals surface area (Å²) in [7, 11) is 3.33. The summed E-state index contributed by atoms with van der Waals surface area (Å²) in [5.74, 6) is 3.61. The molecule has 4 N–H and O–H groups in total. The third-order valence-electron chi connectivity index (χ3n) is 27.5. The van der Waals surface area contributed by atoms with Gasteiger partial charge in [0.1, 0.15) is 17.2 Å². The largest absolute Gasteiger partial charge is 0.508 e. The molecule has 7 aliphatic rings. The molecule has 0 heterocycles. The monoisotopic (exact) mass is 1960 g/mol. The Kier molecular flexibility index (Phi) is 39.3. The average Bonchev–Trinajstić information content (AvgIpc) is 0.744. The zero-order valence-corrected chi connectivity index (χ0v) is 82.1. The van der Waals surface area contributed by atoms with Gasteiger partial charge in [-0.15, -0.1) is 39.5 Å². The molecule has 0 bridgehead atoms. The van der Waals surface area contributed by atoms with Gasteiger partial charge in [-0.1, -0.05) is 127 Å². The first-order valence-corrected chi connectivity index (χ1v) is 48.3. The van der Waals surface area contributed by atoms with Crippen LogP contribution in [0.15, 0.2) is 300 Å². The third kappa shape index (κ3) is 27.7. The van der Waals surface area contributed by atoms with E-state index in [1.807, 2.05) is 109 Å². The molecule has 0 amide bonds. The van der Waals surface area contributed by atoms with Gasteiger partial charge in [0.25, 0.3) is 22.7 Å². The number of phenols is 1. The van der Waals surface area contributed by atoms with E-state index in [0.717, 1.165) is 214 Å². The molecular formula is C118H121BN4O22. The minimum absolute atomic E-state index is 0.0357. The number of aryl methyl sites for hydroxylation is 8. The number of ketones is 7. The highest BCUT2D eigenvalue weighted by molar-refractivity contribution is 6.58. The number of allylic oxidation sites excluding steroid dienone is 6. The SMILES string of the molecule is C=CCC1(CO)CCc2cc(-c3ccc([N+](=O)[O-])cc3)ccc2C1=O.C=CCC1(COC)CCc2cc(-c3ccc([N+](=O)[O-])cc3)ccc2C1=O.C=CCC1CCc2cc(-c3ccc([N+](=O)[O-])cc3)ccc2C1=O.C=CCC1CCc2cc(C)ccc2C1=O.C=CCC1CCc2cc(O)ccc2C1=O.C=CCC1CCc2cc(OC)ccc2C1=O.COc1ccc2c(c1)CCCC2=O.O=[N+]([O-])c1ccc(B(O)O)cc1. The van der Waals surface area contributed by atoms with Crippen LogP contribution in [0.5, 0.6) is 17.2 Å². The van der Waals surface area contributed by atoms with Crippen molar-refractivity contribution in [3.05, 3.63) is 424 Å². The lowest BCUT2D eigenvalue weighted by atomic mass is 9.68. The second-order valence-electron chi connectivity index (χ2n) is 36.9. The fourth-order valence-corrected chi connectivity index (χ4v) is 19.4. The van der Waals surface area contributed by atoms with Crippen LogP contribution in [0.2, 0.25) is 0 Å². The molecule has 0 saturated heterocycles. The first-order chi connectivity index (χ1) is 69.7. The predicted octanol–water partition coefficient (Wildman–Crippen LogP) is 23.7. The summed E-state index contributed by atoms with van der Waals surface area (Å²) in [6, 6.07) is 64.0. The molecule has 0 spiro atoms. The van der Waals surface area contributed by atoms with Gasteiger partial charge in [0.05, 0.1) is 58.0 Å². The molecule has 0 aliphatic heterocycles. The Labute approximate surface area is 844 Å². The van der Waals surface area contributed by atoms with Crippen molar-refractivity contribution in [3.63, 3.8) is 0 Å². The van der Waals surface area contributed by atoms with Gasteiger partial charge >= 0.3 is 7.12 Å². The summed E-state index contributed by atoms with van der Waals surface area (Å²) in [5, 5.41) is 78.8. The maximum atomic E-state index is 13.1. The van der Waals surface area contributed by atoms with E-state index < -0.39 is 37.6 Å². The first-order valence-electron chi connectivity index (χ1n) is 48.3. The highest BCUT2D eigenvalue weighted by Crippen LogP contribution is 2.44. The van der Waals surface area contributed by atoms with Crippen molar-refractivity contribution < 1.29 is 87.7 Å². The lowest BCUT2D eigenvalue weighted by molar-refractivity contribution is -0.385. The molecule has 0 aromatic heterocycles. The number of Topliss-reactive ketones (excluding diaryl/α,β-unsaturated/α-hetero) is 7. The van der Waals surface area contributed by atoms with Crippen LogP contribution in [-0.4, -0.2) is 122 Å². The number of hydrogen-bond acceptors (Lipinski definition) is 22. The third-order valence-corrected chi connectivity index (χ3v) is 27.5. The van der Waals surface area contributed by atoms with Crippen LogP contribution in [0.4, 0.5) is 22.7 Å². The summed E-state index contributed by atoms with van der Waals surface area (Å²) < 4.78 is 15.6. The maximum absolute atomic E-state index is 13.1. The molecule has 6 unspecified atom stereocenters. The van der Waals surface area contributed by atoms with Crippen molar-refractivity contribution in [1.29, 1.82) is 0 Å². The van der Waals surface area contributed by atoms with Crippen LogP contribution in [0, 0.1) is 81.9 Å². The minimum atomic E-state index is -1.58. The standard InChI is InChI=1S/C21H21NO4.C20H19NO4.C19H17NO3.C14H16O2.C14H16O.C13H14O2.C11H12O2.C6H6BNO4/c1-3-11-21(14-26-2)12-10-17-13-16(6-9-19(17)20(21)23)15-4-7-18(8-5-15)22(24)25;1-2-10-20(13-22)11-9-16-12-15(5-8-18(16)19(20)23)14-3-6-17(7-4-14)21(24)25;1-2-3-14-4-5-16-12-15(8-11-18(16)19(14)21)13-6-9-17(10-7-13)20(22)23;1-3-4-10-5-6-11-9-12(16-2)7-8-13(11)14(10)15;1-3-4-11-6-7-12-9-10(2)5-8-13(12)14(11)15;1-2-3-9-4-5-10-8-11(14)6-7-12(10)13(9)15;1-13-9-5-6-10-8(7-9)3-2-4-11(10)12;9-7(10)5-1-3-6(4-2-5)8(11)12/h3-9,13H,1,10-12,14H2,2H3;2-8,12,22H,1,9-11,13H2;2,6-12,14H,1,3-5H2;3,7-10H,1,4-6H2,2H3;3,5,8-9,11H,1,4,6-7H2,2H3;2,6-9,14H,1,3-5H2;5-7H,2-4H2,1H3;1-4,9-10H. The number of phenolic OH excluding ortho intramolecular Hbond substituents is 1. The smallest absolute Gasteiger partial charge is 0.488 e. The van der Waals surface area contributed by atoms with Crippen LogP contribution in [0.25, 0.3) is 33.4 Å². The number of aliphatic hydroxyl groups is 1. The topological polar surface area (TPSA) is 401 Å². The quantitative estimate of drug-likeness (QED) is 0.0179. The van der Waals surface area contributed by atoms with E-state index in [1.165, 1.54) is 71.8 Å². The molecule has 26 nitrogen and oxygen atoms in total. The molecule has 11 aromatic carbocycles. The number of methoxy groups -OCH3 is 3. The molecular weight excluding hydrogens is 1840 g/mol. The number of benzene rings is 11. The van der Waals surface area contributed by atoms with E-state index in [9.17, 15) is 84.2 Å². The maximum Gasteiger partial charge on any atom is 0.488 e. The van der Waals surface area contributed by atoms with Gasteiger partial charge in [0, 0.05) is 125 Å². The molecule has 7 aliphatic carbocycles. The van der Waals surface area contributed by atoms with E-state index in [2.05, 4.69) is 52.5 Å². The van der Waals surface area contributed by atoms with E-state index in [1.54, 1.807) is 106 Å². The van der Waals surface area contributed by atoms with Crippen LogP contribution < -0.4 is 14.9 Å². The highest BCUT2D eigenvalue weighted by atomic mass is 16.6. The lowest BCUT2D eigenvalue weighted by Crippen LogP contribution is -2.39. The molecule has 145 heavy (non-hydrogen) atoms. The van der Waals surface area contributed by atoms with E-state index in [4.69, 9.17) is 24.3 Å². The van der Waals surface area contributed by atoms with E-state index >= 15 is 0 Å². The second-order valence-corrected chi connectivity index (χ2v) is 36.9. The molecule has 6 atom stereocenters. The fourth-order valence-electron chi connectivity index (χ4n) is 19.4. The zero-order valence-electron chi connectivity index (χ0n) is 82.1. The van der Waals surface area contributed by atoms with Crippen molar-refractivity contribution in [1.82, 2.24) is 0 Å². The highest BCUT2D eigenvalue weighted by Gasteiger charge is 2.44. The number of carbonyl (C=O) groups excluding carboxylic acids is 7. The van der Waals surface area contributed by atoms with Crippen molar-refractivity contribution in [2.24, 2.45) is 34.5 Å². The van der Waals surface area contributed by atoms with Crippen LogP contribution in [0.1, 0.15) is 207 Å². The van der Waals surface area contributed by atoms with Gasteiger partial charge < -0.3 is 34.5 Å². The van der Waals surface area contributed by atoms with Gasteiger partial charge in [-0.25, -0.2) is 0 Å². The number of aliphatic hydroxyl groups excluding tert-OH is 1. The molecule has 0 saturated carbocycles. The Balaban J connectivity index is 0.000000160. The molecule has 11 aromatic rings. The molecule has 748 valence electrons. The molecule has 0 fully saturated rings. The van der Waals surface area contributed by atoms with E-state index in [-0.39, 0.29) is 98.9 Å². The van der Waals surface area contributed by atoms with Gasteiger partial charge in [0.2, 0.25) is 0 Å². The summed E-state index contributed by atoms with van der Waals surface area (Å²) in [6.45, 7) is 24.6. The number of hydrogen-bond donors (Lipinski definition) is 4. The van der Waals surface area contributed by atoms with Crippen LogP contribution in [-0.2, 0) is 49.7 Å². The number of fused-ring (bicyclic) bond motifs is 7. The lowest BCUT2D eigenvalue weighted by Gasteiger charge is -2.35. The fraction of sp³-hybridized carbons (Fsp3) is 0.280. The van der Waals surface area contributed by atoms with Crippen molar-refractivity contribution in [2.45, 2.75) is 142 Å². The zero-order chi connectivity index (χ0) is 105. The van der Waals surface area contributed by atoms with Gasteiger partial charge in [0.15, 0.2) is 40.5 Å². The molecule has 18 rings (SSSR count). The average molecular weight is 1960 g/mol. The number of nitro benzene ring substituents is 4. The Bertz CT molecular complexity index is 6590. The summed E-state index contributed by atoms with van der Waals surface area (Å²) in [4.78, 5) is 127. The Morgan fingerprint density at radius 2 is 0.669 bits per heavy atom. The number of carbonyl (C=O) groups is 7. The second kappa shape index (κ2) is 51.9. The molecule has 27 heteroatoms. The number of aromatic hydroxyl groups is 1. The Morgan fingerprint density at radius 1 is 0.359 bits per heavy atom. The number of rotatable bonds is 25.